The van der Waals surface area contributed by atoms with Crippen LogP contribution in [0.3, 0.4) is 0 Å². The quantitative estimate of drug-likeness (QED) is 0.0237. The average Bonchev–Trinajstić information content (AvgIpc) is 3.93. The highest BCUT2D eigenvalue weighted by atomic mass is 32.1. The molecule has 4 aromatic carbocycles. The molecule has 0 spiro atoms. The Bertz CT molecular complexity index is 2570. The van der Waals surface area contributed by atoms with Crippen LogP contribution in [0.25, 0.3) is 28.4 Å². The minimum Gasteiger partial charge on any atom is -0.494 e. The number of rotatable bonds is 26. The lowest BCUT2D eigenvalue weighted by atomic mass is 10.1. The monoisotopic (exact) mass is 912 g/mol. The van der Waals surface area contributed by atoms with Crippen LogP contribution in [-0.2, 0) is 19.1 Å². The number of fused-ring (bicyclic) bond motifs is 1. The van der Waals surface area contributed by atoms with Crippen molar-refractivity contribution in [1.29, 1.82) is 0 Å². The molecule has 0 unspecified atom stereocenters. The van der Waals surface area contributed by atoms with Gasteiger partial charge in [-0.2, -0.15) is 5.10 Å². The van der Waals surface area contributed by atoms with Gasteiger partial charge in [0.1, 0.15) is 28.0 Å². The van der Waals surface area contributed by atoms with Crippen molar-refractivity contribution in [3.63, 3.8) is 0 Å². The molecule has 6 rings (SSSR count). The number of carbonyl (C=O) groups is 4. The predicted molar refractivity (Wildman–Crippen MR) is 254 cm³/mol. The molecule has 66 heavy (non-hydrogen) atoms. The molecule has 0 atom stereocenters. The highest BCUT2D eigenvalue weighted by molar-refractivity contribution is 7.17. The van der Waals surface area contributed by atoms with Gasteiger partial charge < -0.3 is 33.7 Å². The third kappa shape index (κ3) is 14.8. The van der Waals surface area contributed by atoms with E-state index in [1.54, 1.807) is 83.4 Å². The third-order valence-corrected chi connectivity index (χ3v) is 10.8. The summed E-state index contributed by atoms with van der Waals surface area (Å²) in [5.74, 6) is -0.290. The lowest BCUT2D eigenvalue weighted by molar-refractivity contribution is -0.138. The van der Waals surface area contributed by atoms with Gasteiger partial charge in [-0.15, -0.1) is 0 Å². The second kappa shape index (κ2) is 25.1. The number of carbonyl (C=O) groups excluding carboxylic acids is 4. The molecule has 0 fully saturated rings. The van der Waals surface area contributed by atoms with Gasteiger partial charge in [-0.1, -0.05) is 36.6 Å². The third-order valence-electron chi connectivity index (χ3n) is 9.94. The van der Waals surface area contributed by atoms with E-state index in [-0.39, 0.29) is 11.5 Å². The summed E-state index contributed by atoms with van der Waals surface area (Å²) in [5.41, 5.74) is 3.87. The Morgan fingerprint density at radius 1 is 0.636 bits per heavy atom. The van der Waals surface area contributed by atoms with Crippen LogP contribution >= 0.6 is 11.3 Å². The van der Waals surface area contributed by atoms with Crippen LogP contribution in [0.5, 0.6) is 23.0 Å². The molecule has 0 aliphatic heterocycles. The minimum atomic E-state index is -0.588. The molecule has 0 aliphatic rings. The Morgan fingerprint density at radius 2 is 1.17 bits per heavy atom. The Morgan fingerprint density at radius 3 is 1.70 bits per heavy atom. The van der Waals surface area contributed by atoms with Gasteiger partial charge in [0.2, 0.25) is 4.96 Å². The molecule has 1 N–H and O–H groups in total. The van der Waals surface area contributed by atoms with E-state index < -0.39 is 23.9 Å². The lowest BCUT2D eigenvalue weighted by Gasteiger charge is -2.11. The SMILES string of the molecule is C=CC(=O)OCCCCCCOc1ccc(C(=O)Oc2ccc(OC(=O)c3ccc(OCCCCCCOC(=O)C=C)cc3)c(/C=C/c3nn4cc(-c5ccc(NC)cc5)nc4s3)c2)cc1. The molecule has 2 aromatic heterocycles. The first-order chi connectivity index (χ1) is 32.2. The van der Waals surface area contributed by atoms with Crippen LogP contribution in [0.1, 0.15) is 82.7 Å². The van der Waals surface area contributed by atoms with Crippen molar-refractivity contribution in [2.75, 3.05) is 38.8 Å². The maximum atomic E-state index is 13.4. The van der Waals surface area contributed by atoms with E-state index in [1.165, 1.54) is 11.3 Å². The average molecular weight is 913 g/mol. The Hall–Kier alpha value is -7.52. The maximum absolute atomic E-state index is 13.4. The van der Waals surface area contributed by atoms with Gasteiger partial charge in [-0.3, -0.25) is 0 Å². The molecule has 2 heterocycles. The van der Waals surface area contributed by atoms with Gasteiger partial charge >= 0.3 is 23.9 Å². The molecule has 15 heteroatoms. The van der Waals surface area contributed by atoms with E-state index in [0.29, 0.717) is 64.6 Å². The van der Waals surface area contributed by atoms with Gasteiger partial charge in [-0.05, 0) is 142 Å². The minimum absolute atomic E-state index is 0.236. The molecule has 6 aromatic rings. The fourth-order valence-corrected chi connectivity index (χ4v) is 7.14. The summed E-state index contributed by atoms with van der Waals surface area (Å²) in [4.78, 5) is 54.5. The standard InChI is InChI=1S/C51H52N4O10S/c1-4-47(56)62-32-12-8-6-10-30-60-41-23-16-37(17-24-41)49(58)64-43-27-28-45(65-50(59)38-18-25-42(26-19-38)61-31-11-7-9-13-33-63-48(57)5-2)39(34-43)20-29-46-54-55-35-44(53-51(55)66-46)36-14-21-40(52-3)22-15-36/h4-5,14-29,34-35,52H,1-2,6-13,30-33H2,3H3/b29-20+. The fraction of sp³-hybridized carbons (Fsp3) is 0.255. The Balaban J connectivity index is 1.08. The summed E-state index contributed by atoms with van der Waals surface area (Å²) in [6.07, 6.45) is 14.5. The molecule has 0 saturated heterocycles. The van der Waals surface area contributed by atoms with Crippen LogP contribution in [0.4, 0.5) is 5.69 Å². The second-order valence-corrected chi connectivity index (χ2v) is 15.7. The van der Waals surface area contributed by atoms with Crippen molar-refractivity contribution in [2.24, 2.45) is 0 Å². The Labute approximate surface area is 387 Å². The molecule has 14 nitrogen and oxygen atoms in total. The highest BCUT2D eigenvalue weighted by Crippen LogP contribution is 2.30. The molecule has 0 radical (unpaired) electrons. The first-order valence-corrected chi connectivity index (χ1v) is 22.5. The van der Waals surface area contributed by atoms with Gasteiger partial charge in [0.05, 0.1) is 49.4 Å². The number of anilines is 1. The predicted octanol–water partition coefficient (Wildman–Crippen LogP) is 10.4. The van der Waals surface area contributed by atoms with E-state index in [1.807, 2.05) is 37.5 Å². The van der Waals surface area contributed by atoms with E-state index in [2.05, 4.69) is 18.5 Å². The van der Waals surface area contributed by atoms with Crippen molar-refractivity contribution in [3.8, 4) is 34.3 Å². The zero-order valence-corrected chi connectivity index (χ0v) is 37.6. The maximum Gasteiger partial charge on any atom is 0.343 e. The molecular weight excluding hydrogens is 861 g/mol. The van der Waals surface area contributed by atoms with E-state index in [0.717, 1.165) is 80.5 Å². The largest absolute Gasteiger partial charge is 0.494 e. The van der Waals surface area contributed by atoms with Crippen molar-refractivity contribution in [2.45, 2.75) is 51.4 Å². The normalized spacial score (nSPS) is 10.9. The van der Waals surface area contributed by atoms with Crippen LogP contribution in [0.2, 0.25) is 0 Å². The summed E-state index contributed by atoms with van der Waals surface area (Å²) in [6, 6.07) is 26.1. The molecule has 0 aliphatic carbocycles. The summed E-state index contributed by atoms with van der Waals surface area (Å²) in [7, 11) is 1.87. The van der Waals surface area contributed by atoms with Gasteiger partial charge in [0, 0.05) is 36.0 Å². The lowest BCUT2D eigenvalue weighted by Crippen LogP contribution is -2.11. The number of hydrogen-bond donors (Lipinski definition) is 1. The number of hydrogen-bond acceptors (Lipinski definition) is 14. The molecule has 0 amide bonds. The zero-order chi connectivity index (χ0) is 46.5. The smallest absolute Gasteiger partial charge is 0.343 e. The van der Waals surface area contributed by atoms with E-state index >= 15 is 0 Å². The topological polar surface area (TPSA) is 166 Å². The Kier molecular flexibility index (Phi) is 18.2. The van der Waals surface area contributed by atoms with Crippen molar-refractivity contribution >= 4 is 58.0 Å². The number of nitrogens with zero attached hydrogens (tertiary/aromatic N) is 3. The van der Waals surface area contributed by atoms with E-state index in [4.69, 9.17) is 38.5 Å². The van der Waals surface area contributed by atoms with Crippen molar-refractivity contribution in [1.82, 2.24) is 14.6 Å². The number of unbranched alkanes of at least 4 members (excludes halogenated alkanes) is 6. The van der Waals surface area contributed by atoms with Gasteiger partial charge in [0.25, 0.3) is 0 Å². The van der Waals surface area contributed by atoms with E-state index in [9.17, 15) is 19.2 Å². The number of benzene rings is 4. The number of imidazole rings is 1. The van der Waals surface area contributed by atoms with Gasteiger partial charge in [-0.25, -0.2) is 28.7 Å². The van der Waals surface area contributed by atoms with Crippen molar-refractivity contribution in [3.05, 3.63) is 144 Å². The zero-order valence-electron chi connectivity index (χ0n) is 36.8. The van der Waals surface area contributed by atoms with Crippen LogP contribution < -0.4 is 24.3 Å². The van der Waals surface area contributed by atoms with Gasteiger partial charge in [0.15, 0.2) is 0 Å². The molecular formula is C51H52N4O10S. The summed E-state index contributed by atoms with van der Waals surface area (Å²) in [5, 5.41) is 8.45. The van der Waals surface area contributed by atoms with Crippen molar-refractivity contribution < 1.29 is 47.6 Å². The number of aromatic nitrogens is 3. The summed E-state index contributed by atoms with van der Waals surface area (Å²) < 4.78 is 35.1. The number of nitrogens with one attached hydrogen (secondary N) is 1. The second-order valence-electron chi connectivity index (χ2n) is 14.8. The van der Waals surface area contributed by atoms with Crippen LogP contribution in [0.15, 0.2) is 123 Å². The molecule has 0 bridgehead atoms. The first kappa shape index (κ1) is 47.9. The summed E-state index contributed by atoms with van der Waals surface area (Å²) in [6.45, 7) is 8.51. The van der Waals surface area contributed by atoms with Crippen LogP contribution in [0, 0.1) is 0 Å². The first-order valence-electron chi connectivity index (χ1n) is 21.7. The molecule has 0 saturated carbocycles. The summed E-state index contributed by atoms with van der Waals surface area (Å²) >= 11 is 1.38. The number of ether oxygens (including phenoxy) is 6. The van der Waals surface area contributed by atoms with Crippen LogP contribution in [-0.4, -0.2) is 72.0 Å². The number of esters is 4. The highest BCUT2D eigenvalue weighted by Gasteiger charge is 2.16. The fourth-order valence-electron chi connectivity index (χ4n) is 6.36. The molecule has 342 valence electrons.